The van der Waals surface area contributed by atoms with Gasteiger partial charge in [0.05, 0.1) is 12.2 Å². The summed E-state index contributed by atoms with van der Waals surface area (Å²) < 4.78 is 11.7. The molecule has 0 radical (unpaired) electrons. The number of aryl methyl sites for hydroxylation is 1. The summed E-state index contributed by atoms with van der Waals surface area (Å²) in [6, 6.07) is 8.34. The Morgan fingerprint density at radius 1 is 1.16 bits per heavy atom. The van der Waals surface area contributed by atoms with Gasteiger partial charge in [-0.1, -0.05) is 58.2 Å². The fourth-order valence-electron chi connectivity index (χ4n) is 3.62. The highest BCUT2D eigenvalue weighted by molar-refractivity contribution is 5.94. The second-order valence-corrected chi connectivity index (χ2v) is 9.74. The lowest BCUT2D eigenvalue weighted by Crippen LogP contribution is -2.49. The molecule has 0 aliphatic rings. The molecule has 0 saturated carbocycles. The molecule has 2 amide bonds. The standard InChI is InChI=1S/C26H36N6O5/c1-6-8-9-18(20(33)22(34)29-19-14-15-27-30-19)28-25(35)36-21(26(4,5)7-2)24-32-31-23(37-24)17-12-10-16(3)11-13-17/h10-15,18,20-21,33H,6-9H2,1-5H3,(H,28,35)(H2,27,29,30,34)/t18-,20+,21-/m0/s1. The molecule has 0 bridgehead atoms. The molecule has 200 valence electrons. The van der Waals surface area contributed by atoms with Gasteiger partial charge in [0.2, 0.25) is 5.89 Å². The van der Waals surface area contributed by atoms with E-state index in [9.17, 15) is 14.7 Å². The lowest BCUT2D eigenvalue weighted by atomic mass is 9.83. The zero-order chi connectivity index (χ0) is 27.0. The molecule has 11 heteroatoms. The average Bonchev–Trinajstić information content (AvgIpc) is 3.57. The Kier molecular flexibility index (Phi) is 9.40. The summed E-state index contributed by atoms with van der Waals surface area (Å²) >= 11 is 0. The first-order chi connectivity index (χ1) is 17.6. The molecule has 2 aromatic heterocycles. The average molecular weight is 513 g/mol. The van der Waals surface area contributed by atoms with Gasteiger partial charge in [-0.15, -0.1) is 10.2 Å². The lowest BCUT2D eigenvalue weighted by Gasteiger charge is -2.31. The molecule has 1 aromatic carbocycles. The van der Waals surface area contributed by atoms with Crippen LogP contribution >= 0.6 is 0 Å². The maximum absolute atomic E-state index is 13.0. The van der Waals surface area contributed by atoms with Crippen molar-refractivity contribution in [3.8, 4) is 11.5 Å². The van der Waals surface area contributed by atoms with E-state index in [1.54, 1.807) is 6.07 Å². The number of nitrogens with zero attached hydrogens (tertiary/aromatic N) is 3. The number of anilines is 1. The van der Waals surface area contributed by atoms with E-state index < -0.39 is 35.7 Å². The van der Waals surface area contributed by atoms with Crippen molar-refractivity contribution in [3.05, 3.63) is 48.0 Å². The molecule has 3 atom stereocenters. The van der Waals surface area contributed by atoms with Gasteiger partial charge in [0, 0.05) is 17.0 Å². The number of carbonyl (C=O) groups is 2. The van der Waals surface area contributed by atoms with Crippen molar-refractivity contribution in [3.63, 3.8) is 0 Å². The number of benzene rings is 1. The predicted octanol–water partition coefficient (Wildman–Crippen LogP) is 4.53. The Bertz CT molecular complexity index is 1140. The summed E-state index contributed by atoms with van der Waals surface area (Å²) in [4.78, 5) is 25.6. The third kappa shape index (κ3) is 7.39. The molecule has 2 heterocycles. The lowest BCUT2D eigenvalue weighted by molar-refractivity contribution is -0.125. The van der Waals surface area contributed by atoms with Gasteiger partial charge in [-0.25, -0.2) is 4.79 Å². The molecule has 0 aliphatic carbocycles. The number of unbranched alkanes of at least 4 members (excludes halogenated alkanes) is 1. The molecule has 3 rings (SSSR count). The number of aliphatic hydroxyl groups is 1. The number of nitrogens with one attached hydrogen (secondary N) is 3. The zero-order valence-corrected chi connectivity index (χ0v) is 21.9. The van der Waals surface area contributed by atoms with Crippen LogP contribution in [0, 0.1) is 12.3 Å². The van der Waals surface area contributed by atoms with Crippen LogP contribution in [0.1, 0.15) is 70.9 Å². The number of aromatic nitrogens is 4. The highest BCUT2D eigenvalue weighted by atomic mass is 16.6. The fraction of sp³-hybridized carbons (Fsp3) is 0.500. The molecule has 37 heavy (non-hydrogen) atoms. The Morgan fingerprint density at radius 3 is 2.51 bits per heavy atom. The van der Waals surface area contributed by atoms with Crippen LogP contribution in [0.2, 0.25) is 0 Å². The van der Waals surface area contributed by atoms with Crippen LogP contribution in [0.4, 0.5) is 10.6 Å². The van der Waals surface area contributed by atoms with Crippen molar-refractivity contribution in [1.82, 2.24) is 25.7 Å². The fourth-order valence-corrected chi connectivity index (χ4v) is 3.62. The molecule has 0 unspecified atom stereocenters. The van der Waals surface area contributed by atoms with E-state index in [-0.39, 0.29) is 5.89 Å². The summed E-state index contributed by atoms with van der Waals surface area (Å²) in [6.45, 7) is 9.80. The molecule has 0 saturated heterocycles. The summed E-state index contributed by atoms with van der Waals surface area (Å²) in [6.07, 6.45) is 0.859. The summed E-state index contributed by atoms with van der Waals surface area (Å²) in [7, 11) is 0. The highest BCUT2D eigenvalue weighted by Crippen LogP contribution is 2.39. The minimum Gasteiger partial charge on any atom is -0.436 e. The van der Waals surface area contributed by atoms with Crippen LogP contribution < -0.4 is 10.6 Å². The van der Waals surface area contributed by atoms with E-state index in [1.807, 2.05) is 58.9 Å². The number of hydrogen-bond donors (Lipinski definition) is 4. The van der Waals surface area contributed by atoms with Crippen molar-refractivity contribution in [1.29, 1.82) is 0 Å². The van der Waals surface area contributed by atoms with Crippen LogP contribution in [0.25, 0.3) is 11.5 Å². The summed E-state index contributed by atoms with van der Waals surface area (Å²) in [5.41, 5.74) is 1.32. The summed E-state index contributed by atoms with van der Waals surface area (Å²) in [5, 5.41) is 30.6. The smallest absolute Gasteiger partial charge is 0.408 e. The van der Waals surface area contributed by atoms with E-state index in [2.05, 4.69) is 31.0 Å². The first kappa shape index (κ1) is 27.9. The van der Waals surface area contributed by atoms with Gasteiger partial charge in [-0.2, -0.15) is 5.10 Å². The zero-order valence-electron chi connectivity index (χ0n) is 21.9. The van der Waals surface area contributed by atoms with E-state index in [0.717, 1.165) is 17.5 Å². The molecule has 0 fully saturated rings. The number of amides is 2. The SMILES string of the molecule is CCCC[C@H](NC(=O)O[C@@H](c1nnc(-c2ccc(C)cc2)o1)C(C)(C)CC)[C@@H](O)C(=O)Nc1ccn[nH]1. The Labute approximate surface area is 216 Å². The number of aliphatic hydroxyl groups excluding tert-OH is 1. The second-order valence-electron chi connectivity index (χ2n) is 9.74. The number of rotatable bonds is 12. The van der Waals surface area contributed by atoms with Crippen molar-refractivity contribution in [2.75, 3.05) is 5.32 Å². The molecular formula is C26H36N6O5. The Hall–Kier alpha value is -3.73. The van der Waals surface area contributed by atoms with Crippen LogP contribution in [-0.2, 0) is 9.53 Å². The normalized spacial score (nSPS) is 14.0. The topological polar surface area (TPSA) is 155 Å². The van der Waals surface area contributed by atoms with E-state index in [0.29, 0.717) is 31.0 Å². The number of carbonyl (C=O) groups excluding carboxylic acids is 2. The van der Waals surface area contributed by atoms with Gasteiger partial charge in [0.25, 0.3) is 11.8 Å². The highest BCUT2D eigenvalue weighted by Gasteiger charge is 2.38. The van der Waals surface area contributed by atoms with Crippen LogP contribution in [0.15, 0.2) is 40.9 Å². The van der Waals surface area contributed by atoms with Crippen molar-refractivity contribution in [2.24, 2.45) is 5.41 Å². The van der Waals surface area contributed by atoms with Gasteiger partial charge >= 0.3 is 6.09 Å². The quantitative estimate of drug-likeness (QED) is 0.276. The van der Waals surface area contributed by atoms with E-state index in [4.69, 9.17) is 9.15 Å². The van der Waals surface area contributed by atoms with Gasteiger partial charge in [0.15, 0.2) is 12.2 Å². The molecule has 0 aliphatic heterocycles. The predicted molar refractivity (Wildman–Crippen MR) is 137 cm³/mol. The van der Waals surface area contributed by atoms with Gasteiger partial charge in [-0.3, -0.25) is 9.89 Å². The molecule has 4 N–H and O–H groups in total. The summed E-state index contributed by atoms with van der Waals surface area (Å²) in [5.74, 6) is 0.157. The molecular weight excluding hydrogens is 476 g/mol. The van der Waals surface area contributed by atoms with Crippen molar-refractivity contribution >= 4 is 17.8 Å². The number of alkyl carbamates (subject to hydrolysis) is 1. The Balaban J connectivity index is 1.75. The molecule has 0 spiro atoms. The van der Waals surface area contributed by atoms with Gasteiger partial charge in [-0.05, 0) is 31.9 Å². The maximum Gasteiger partial charge on any atom is 0.408 e. The first-order valence-corrected chi connectivity index (χ1v) is 12.5. The minimum atomic E-state index is -1.50. The van der Waals surface area contributed by atoms with Gasteiger partial charge < -0.3 is 24.9 Å². The Morgan fingerprint density at radius 2 is 1.89 bits per heavy atom. The number of hydrogen-bond acceptors (Lipinski definition) is 8. The van der Waals surface area contributed by atoms with Crippen LogP contribution in [-0.4, -0.2) is 49.6 Å². The monoisotopic (exact) mass is 512 g/mol. The van der Waals surface area contributed by atoms with Gasteiger partial charge in [0.1, 0.15) is 5.82 Å². The molecule has 3 aromatic rings. The van der Waals surface area contributed by atoms with E-state index in [1.165, 1.54) is 6.20 Å². The van der Waals surface area contributed by atoms with Crippen molar-refractivity contribution in [2.45, 2.75) is 78.6 Å². The van der Waals surface area contributed by atoms with Crippen LogP contribution in [0.5, 0.6) is 0 Å². The second kappa shape index (κ2) is 12.5. The van der Waals surface area contributed by atoms with Crippen LogP contribution in [0.3, 0.4) is 0 Å². The number of ether oxygens (including phenoxy) is 1. The number of H-pyrrole nitrogens is 1. The maximum atomic E-state index is 13.0. The van der Waals surface area contributed by atoms with E-state index >= 15 is 0 Å². The molecule has 11 nitrogen and oxygen atoms in total. The minimum absolute atomic E-state index is 0.167. The first-order valence-electron chi connectivity index (χ1n) is 12.5. The van der Waals surface area contributed by atoms with Crippen molar-refractivity contribution < 1.29 is 23.8 Å². The third-order valence-corrected chi connectivity index (χ3v) is 6.39. The number of aromatic amines is 1. The largest absolute Gasteiger partial charge is 0.436 e. The third-order valence-electron chi connectivity index (χ3n) is 6.39.